The first-order valence-electron chi connectivity index (χ1n) is 7.54. The molecule has 0 radical (unpaired) electrons. The number of hydrogen-bond donors (Lipinski definition) is 1. The zero-order valence-electron chi connectivity index (χ0n) is 12.1. The van der Waals surface area contributed by atoms with Crippen LogP contribution in [0, 0.1) is 0 Å². The summed E-state index contributed by atoms with van der Waals surface area (Å²) in [4.78, 5) is 24.8. The van der Waals surface area contributed by atoms with Crippen LogP contribution < -0.4 is 5.56 Å². The van der Waals surface area contributed by atoms with Gasteiger partial charge in [-0.1, -0.05) is 6.42 Å². The molecular weight excluding hydrogens is 280 g/mol. The van der Waals surface area contributed by atoms with Gasteiger partial charge in [-0.15, -0.1) is 0 Å². The highest BCUT2D eigenvalue weighted by atomic mass is 16.1. The molecule has 3 heterocycles. The van der Waals surface area contributed by atoms with Crippen LogP contribution in [0.3, 0.4) is 0 Å². The van der Waals surface area contributed by atoms with Crippen molar-refractivity contribution in [2.45, 2.75) is 38.6 Å². The Balaban J connectivity index is 1.74. The molecule has 0 spiro atoms. The quantitative estimate of drug-likeness (QED) is 0.718. The summed E-state index contributed by atoms with van der Waals surface area (Å²) < 4.78 is 1.55. The van der Waals surface area contributed by atoms with Crippen molar-refractivity contribution in [1.29, 1.82) is 0 Å². The van der Waals surface area contributed by atoms with Crippen LogP contribution in [0.4, 0.5) is 0 Å². The van der Waals surface area contributed by atoms with Gasteiger partial charge in [-0.2, -0.15) is 5.10 Å². The SMILES string of the molecule is O=c1c2nccnc2ncn1Cc1n[nH]c2c1CCCCC2. The molecule has 22 heavy (non-hydrogen) atoms. The minimum absolute atomic E-state index is 0.177. The van der Waals surface area contributed by atoms with Gasteiger partial charge in [-0.05, 0) is 31.2 Å². The number of nitrogens with one attached hydrogen (secondary N) is 1. The van der Waals surface area contributed by atoms with Gasteiger partial charge in [0.05, 0.1) is 12.2 Å². The molecular formula is C15H16N6O. The summed E-state index contributed by atoms with van der Waals surface area (Å²) in [6, 6.07) is 0. The summed E-state index contributed by atoms with van der Waals surface area (Å²) in [6.07, 6.45) is 10.3. The van der Waals surface area contributed by atoms with Gasteiger partial charge in [0, 0.05) is 18.1 Å². The number of aromatic nitrogens is 6. The highest BCUT2D eigenvalue weighted by Gasteiger charge is 2.17. The summed E-state index contributed by atoms with van der Waals surface area (Å²) >= 11 is 0. The van der Waals surface area contributed by atoms with Gasteiger partial charge in [0.1, 0.15) is 6.33 Å². The van der Waals surface area contributed by atoms with Crippen LogP contribution >= 0.6 is 0 Å². The van der Waals surface area contributed by atoms with Crippen molar-refractivity contribution in [3.8, 4) is 0 Å². The summed E-state index contributed by atoms with van der Waals surface area (Å²) in [6.45, 7) is 0.421. The van der Waals surface area contributed by atoms with Crippen molar-refractivity contribution in [3.05, 3.63) is 46.0 Å². The number of aryl methyl sites for hydroxylation is 1. The van der Waals surface area contributed by atoms with Crippen LogP contribution in [-0.4, -0.2) is 29.7 Å². The number of H-pyrrole nitrogens is 1. The Morgan fingerprint density at radius 3 is 2.91 bits per heavy atom. The van der Waals surface area contributed by atoms with Gasteiger partial charge < -0.3 is 0 Å². The first kappa shape index (κ1) is 13.1. The number of rotatable bonds is 2. The van der Waals surface area contributed by atoms with Gasteiger partial charge in [0.2, 0.25) is 0 Å². The Morgan fingerprint density at radius 1 is 1.09 bits per heavy atom. The number of nitrogens with zero attached hydrogens (tertiary/aromatic N) is 5. The highest BCUT2D eigenvalue weighted by Crippen LogP contribution is 2.21. The third-order valence-corrected chi connectivity index (χ3v) is 4.17. The predicted molar refractivity (Wildman–Crippen MR) is 80.5 cm³/mol. The molecule has 0 aromatic carbocycles. The Bertz CT molecular complexity index is 881. The average Bonchev–Trinajstić information content (AvgIpc) is 2.78. The monoisotopic (exact) mass is 296 g/mol. The zero-order valence-corrected chi connectivity index (χ0v) is 12.1. The minimum Gasteiger partial charge on any atom is -0.291 e. The lowest BCUT2D eigenvalue weighted by Crippen LogP contribution is -2.23. The Labute approximate surface area is 126 Å². The zero-order chi connectivity index (χ0) is 14.9. The molecule has 7 nitrogen and oxygen atoms in total. The molecule has 3 aromatic heterocycles. The standard InChI is InChI=1S/C15H16N6O/c22-15-13-14(17-7-6-16-13)18-9-21(15)8-12-10-4-2-1-3-5-11(10)19-20-12/h6-7,9H,1-5,8H2,(H,19,20). The van der Waals surface area contributed by atoms with E-state index in [2.05, 4.69) is 25.1 Å². The molecule has 3 aromatic rings. The Morgan fingerprint density at radius 2 is 1.95 bits per heavy atom. The second kappa shape index (κ2) is 5.32. The van der Waals surface area contributed by atoms with Crippen molar-refractivity contribution in [2.75, 3.05) is 0 Å². The molecule has 0 unspecified atom stereocenters. The van der Waals surface area contributed by atoms with Crippen LogP contribution in [-0.2, 0) is 19.4 Å². The number of hydrogen-bond acceptors (Lipinski definition) is 5. The normalized spacial score (nSPS) is 14.7. The molecule has 1 aliphatic rings. The Hall–Kier alpha value is -2.57. The van der Waals surface area contributed by atoms with E-state index in [9.17, 15) is 4.79 Å². The molecule has 0 atom stereocenters. The van der Waals surface area contributed by atoms with Crippen LogP contribution in [0.25, 0.3) is 11.2 Å². The molecule has 112 valence electrons. The van der Waals surface area contributed by atoms with Gasteiger partial charge in [-0.25, -0.2) is 15.0 Å². The van der Waals surface area contributed by atoms with Gasteiger partial charge in [-0.3, -0.25) is 14.5 Å². The van der Waals surface area contributed by atoms with Crippen LogP contribution in [0.15, 0.2) is 23.5 Å². The third kappa shape index (κ3) is 2.18. The van der Waals surface area contributed by atoms with Gasteiger partial charge in [0.25, 0.3) is 5.56 Å². The lowest BCUT2D eigenvalue weighted by Gasteiger charge is -2.06. The summed E-state index contributed by atoms with van der Waals surface area (Å²) in [5.41, 5.74) is 3.92. The summed E-state index contributed by atoms with van der Waals surface area (Å²) in [5.74, 6) is 0. The molecule has 0 fully saturated rings. The van der Waals surface area contributed by atoms with Gasteiger partial charge in [0.15, 0.2) is 11.2 Å². The van der Waals surface area contributed by atoms with E-state index in [-0.39, 0.29) is 5.56 Å². The second-order valence-electron chi connectivity index (χ2n) is 5.59. The molecule has 0 aliphatic heterocycles. The fourth-order valence-corrected chi connectivity index (χ4v) is 3.02. The molecule has 4 rings (SSSR count). The smallest absolute Gasteiger partial charge is 0.281 e. The molecule has 0 amide bonds. The van der Waals surface area contributed by atoms with Crippen molar-refractivity contribution in [1.82, 2.24) is 29.7 Å². The number of fused-ring (bicyclic) bond motifs is 2. The van der Waals surface area contributed by atoms with Crippen LogP contribution in [0.2, 0.25) is 0 Å². The van der Waals surface area contributed by atoms with E-state index in [4.69, 9.17) is 0 Å². The van der Waals surface area contributed by atoms with E-state index in [1.165, 1.54) is 49.2 Å². The Kier molecular flexibility index (Phi) is 3.17. The van der Waals surface area contributed by atoms with Gasteiger partial charge >= 0.3 is 0 Å². The predicted octanol–water partition coefficient (Wildman–Crippen LogP) is 1.23. The molecule has 0 saturated heterocycles. The molecule has 1 N–H and O–H groups in total. The third-order valence-electron chi connectivity index (χ3n) is 4.17. The van der Waals surface area contributed by atoms with Crippen molar-refractivity contribution in [3.63, 3.8) is 0 Å². The first-order valence-corrected chi connectivity index (χ1v) is 7.54. The maximum absolute atomic E-state index is 12.5. The maximum atomic E-state index is 12.5. The molecule has 7 heteroatoms. The van der Waals surface area contributed by atoms with Crippen molar-refractivity contribution < 1.29 is 0 Å². The molecule has 0 saturated carbocycles. The summed E-state index contributed by atoms with van der Waals surface area (Å²) in [5, 5.41) is 7.54. The van der Waals surface area contributed by atoms with E-state index >= 15 is 0 Å². The molecule has 1 aliphatic carbocycles. The lowest BCUT2D eigenvalue weighted by molar-refractivity contribution is 0.682. The lowest BCUT2D eigenvalue weighted by atomic mass is 10.1. The highest BCUT2D eigenvalue weighted by molar-refractivity contribution is 5.66. The number of aromatic amines is 1. The minimum atomic E-state index is -0.177. The van der Waals surface area contributed by atoms with E-state index in [1.807, 2.05) is 0 Å². The second-order valence-corrected chi connectivity index (χ2v) is 5.59. The van der Waals surface area contributed by atoms with Crippen molar-refractivity contribution >= 4 is 11.2 Å². The van der Waals surface area contributed by atoms with Crippen LogP contribution in [0.1, 0.15) is 36.2 Å². The van der Waals surface area contributed by atoms with Crippen molar-refractivity contribution in [2.24, 2.45) is 0 Å². The fourth-order valence-electron chi connectivity index (χ4n) is 3.02. The fraction of sp³-hybridized carbons (Fsp3) is 0.400. The van der Waals surface area contributed by atoms with E-state index in [0.717, 1.165) is 18.5 Å². The van der Waals surface area contributed by atoms with Crippen LogP contribution in [0.5, 0.6) is 0 Å². The van der Waals surface area contributed by atoms with E-state index < -0.39 is 0 Å². The average molecular weight is 296 g/mol. The van der Waals surface area contributed by atoms with E-state index in [1.54, 1.807) is 4.57 Å². The summed E-state index contributed by atoms with van der Waals surface area (Å²) in [7, 11) is 0. The molecule has 0 bridgehead atoms. The first-order chi connectivity index (χ1) is 10.8. The maximum Gasteiger partial charge on any atom is 0.281 e. The van der Waals surface area contributed by atoms with E-state index in [0.29, 0.717) is 17.7 Å². The largest absolute Gasteiger partial charge is 0.291 e. The topological polar surface area (TPSA) is 89.3 Å².